The Morgan fingerprint density at radius 1 is 1.30 bits per heavy atom. The Morgan fingerprint density at radius 2 is 2.05 bits per heavy atom. The Bertz CT molecular complexity index is 299. The minimum atomic E-state index is 0.280. The fourth-order valence-corrected chi connectivity index (χ4v) is 4.48. The van der Waals surface area contributed by atoms with Crippen LogP contribution in [-0.4, -0.2) is 36.5 Å². The second-order valence-corrected chi connectivity index (χ2v) is 7.70. The van der Waals surface area contributed by atoms with E-state index in [1.807, 2.05) is 11.8 Å². The van der Waals surface area contributed by atoms with E-state index in [-0.39, 0.29) is 5.91 Å². The third-order valence-corrected chi connectivity index (χ3v) is 6.12. The Kier molecular flexibility index (Phi) is 6.69. The van der Waals surface area contributed by atoms with E-state index in [0.29, 0.717) is 18.4 Å². The first-order valence-corrected chi connectivity index (χ1v) is 9.50. The van der Waals surface area contributed by atoms with Crippen molar-refractivity contribution >= 4 is 17.7 Å². The smallest absolute Gasteiger partial charge is 0.220 e. The van der Waals surface area contributed by atoms with Gasteiger partial charge in [0, 0.05) is 17.7 Å². The lowest BCUT2D eigenvalue weighted by atomic mass is 9.84. The van der Waals surface area contributed by atoms with Gasteiger partial charge in [-0.3, -0.25) is 4.79 Å². The van der Waals surface area contributed by atoms with Gasteiger partial charge in [0.25, 0.3) is 0 Å². The van der Waals surface area contributed by atoms with E-state index in [1.54, 1.807) is 0 Å². The molecule has 0 aromatic carbocycles. The topological polar surface area (TPSA) is 41.1 Å². The molecule has 1 saturated heterocycles. The minimum absolute atomic E-state index is 0.280. The van der Waals surface area contributed by atoms with Crippen molar-refractivity contribution < 1.29 is 4.79 Å². The van der Waals surface area contributed by atoms with E-state index in [9.17, 15) is 4.79 Å². The average Bonchev–Trinajstić information content (AvgIpc) is 2.48. The van der Waals surface area contributed by atoms with Crippen LogP contribution in [0, 0.1) is 11.8 Å². The molecule has 2 rings (SSSR count). The molecule has 0 spiro atoms. The molecule has 1 aliphatic heterocycles. The van der Waals surface area contributed by atoms with E-state index >= 15 is 0 Å². The molecule has 2 N–H and O–H groups in total. The molecule has 1 heterocycles. The molecule has 2 aliphatic rings. The minimum Gasteiger partial charge on any atom is -0.353 e. The van der Waals surface area contributed by atoms with E-state index < -0.39 is 0 Å². The van der Waals surface area contributed by atoms with Gasteiger partial charge in [0.2, 0.25) is 5.91 Å². The number of carbonyl (C=O) groups excluding carboxylic acids is 1. The summed E-state index contributed by atoms with van der Waals surface area (Å²) in [4.78, 5) is 12.2. The SMILES string of the molecule is CS[C@@H]1CCC[C@@H](NC(=O)C[C@H](C)C2CCNCC2)C1. The lowest BCUT2D eigenvalue weighted by Gasteiger charge is -2.31. The predicted molar refractivity (Wildman–Crippen MR) is 87.1 cm³/mol. The van der Waals surface area contributed by atoms with Crippen LogP contribution in [0.3, 0.4) is 0 Å². The molecular formula is C16H30N2OS. The second-order valence-electron chi connectivity index (χ2n) is 6.56. The summed E-state index contributed by atoms with van der Waals surface area (Å²) in [5, 5.41) is 7.43. The van der Waals surface area contributed by atoms with Crippen molar-refractivity contribution in [3.05, 3.63) is 0 Å². The van der Waals surface area contributed by atoms with Gasteiger partial charge in [-0.25, -0.2) is 0 Å². The maximum Gasteiger partial charge on any atom is 0.220 e. The molecule has 0 bridgehead atoms. The van der Waals surface area contributed by atoms with Crippen LogP contribution in [0.5, 0.6) is 0 Å². The highest BCUT2D eigenvalue weighted by molar-refractivity contribution is 7.99. The quantitative estimate of drug-likeness (QED) is 0.820. The lowest BCUT2D eigenvalue weighted by molar-refractivity contribution is -0.123. The molecule has 20 heavy (non-hydrogen) atoms. The van der Waals surface area contributed by atoms with Gasteiger partial charge in [-0.1, -0.05) is 13.3 Å². The Balaban J connectivity index is 1.71. The summed E-state index contributed by atoms with van der Waals surface area (Å²) in [7, 11) is 0. The molecule has 0 unspecified atom stereocenters. The van der Waals surface area contributed by atoms with E-state index in [4.69, 9.17) is 0 Å². The summed E-state index contributed by atoms with van der Waals surface area (Å²) in [5.74, 6) is 1.53. The summed E-state index contributed by atoms with van der Waals surface area (Å²) >= 11 is 1.95. The number of rotatable bonds is 5. The summed E-state index contributed by atoms with van der Waals surface area (Å²) in [6, 6.07) is 0.425. The first-order chi connectivity index (χ1) is 9.69. The highest BCUT2D eigenvalue weighted by Gasteiger charge is 2.25. The van der Waals surface area contributed by atoms with Crippen LogP contribution < -0.4 is 10.6 Å². The molecule has 0 radical (unpaired) electrons. The number of piperidine rings is 1. The fourth-order valence-electron chi connectivity index (χ4n) is 3.65. The average molecular weight is 298 g/mol. The largest absolute Gasteiger partial charge is 0.353 e. The van der Waals surface area contributed by atoms with Gasteiger partial charge in [-0.15, -0.1) is 0 Å². The third kappa shape index (κ3) is 4.96. The van der Waals surface area contributed by atoms with Gasteiger partial charge in [-0.05, 0) is 63.3 Å². The molecule has 1 aliphatic carbocycles. The standard InChI is InChI=1S/C16H30N2OS/c1-12(13-6-8-17-9-7-13)10-16(19)18-14-4-3-5-15(11-14)20-2/h12-15,17H,3-11H2,1-2H3,(H,18,19)/t12-,14+,15+/m0/s1. The van der Waals surface area contributed by atoms with Crippen molar-refractivity contribution in [2.45, 2.75) is 63.2 Å². The van der Waals surface area contributed by atoms with Crippen LogP contribution in [0.1, 0.15) is 51.9 Å². The van der Waals surface area contributed by atoms with E-state index in [0.717, 1.165) is 30.7 Å². The van der Waals surface area contributed by atoms with E-state index in [2.05, 4.69) is 23.8 Å². The number of hydrogen-bond donors (Lipinski definition) is 2. The number of thioether (sulfide) groups is 1. The van der Waals surface area contributed by atoms with Gasteiger partial charge in [-0.2, -0.15) is 11.8 Å². The van der Waals surface area contributed by atoms with Crippen LogP contribution in [-0.2, 0) is 4.79 Å². The van der Waals surface area contributed by atoms with Gasteiger partial charge in [0.15, 0.2) is 0 Å². The van der Waals surface area contributed by atoms with Crippen molar-refractivity contribution in [1.82, 2.24) is 10.6 Å². The molecule has 116 valence electrons. The van der Waals surface area contributed by atoms with E-state index in [1.165, 1.54) is 32.1 Å². The van der Waals surface area contributed by atoms with Gasteiger partial charge >= 0.3 is 0 Å². The van der Waals surface area contributed by atoms with Crippen molar-refractivity contribution in [3.8, 4) is 0 Å². The maximum absolute atomic E-state index is 12.2. The second kappa shape index (κ2) is 8.28. The fraction of sp³-hybridized carbons (Fsp3) is 0.938. The van der Waals surface area contributed by atoms with Crippen LogP contribution in [0.25, 0.3) is 0 Å². The maximum atomic E-state index is 12.2. The van der Waals surface area contributed by atoms with Crippen molar-refractivity contribution in [2.75, 3.05) is 19.3 Å². The van der Waals surface area contributed by atoms with Crippen molar-refractivity contribution in [1.29, 1.82) is 0 Å². The monoisotopic (exact) mass is 298 g/mol. The predicted octanol–water partition coefficient (Wildman–Crippen LogP) is 2.80. The molecule has 0 aromatic heterocycles. The number of amides is 1. The zero-order valence-corrected chi connectivity index (χ0v) is 13.8. The first-order valence-electron chi connectivity index (χ1n) is 8.22. The van der Waals surface area contributed by atoms with Gasteiger partial charge in [0.1, 0.15) is 0 Å². The summed E-state index contributed by atoms with van der Waals surface area (Å²) in [6.07, 6.45) is 10.3. The van der Waals surface area contributed by atoms with Crippen LogP contribution in [0.15, 0.2) is 0 Å². The molecule has 1 saturated carbocycles. The molecule has 0 aromatic rings. The normalized spacial score (nSPS) is 29.9. The summed E-state index contributed by atoms with van der Waals surface area (Å²) in [5.41, 5.74) is 0. The molecule has 3 nitrogen and oxygen atoms in total. The van der Waals surface area contributed by atoms with Crippen molar-refractivity contribution in [3.63, 3.8) is 0 Å². The first kappa shape index (κ1) is 16.2. The molecular weight excluding hydrogens is 268 g/mol. The Morgan fingerprint density at radius 3 is 2.75 bits per heavy atom. The lowest BCUT2D eigenvalue weighted by Crippen LogP contribution is -2.40. The molecule has 1 amide bonds. The summed E-state index contributed by atoms with van der Waals surface area (Å²) in [6.45, 7) is 4.49. The van der Waals surface area contributed by atoms with Crippen LogP contribution in [0.4, 0.5) is 0 Å². The van der Waals surface area contributed by atoms with Gasteiger partial charge in [0.05, 0.1) is 0 Å². The van der Waals surface area contributed by atoms with Gasteiger partial charge < -0.3 is 10.6 Å². The molecule has 3 atom stereocenters. The van der Waals surface area contributed by atoms with Crippen molar-refractivity contribution in [2.24, 2.45) is 11.8 Å². The number of carbonyl (C=O) groups is 1. The Labute approximate surface area is 128 Å². The molecule has 4 heteroatoms. The Hall–Kier alpha value is -0.220. The summed E-state index contributed by atoms with van der Waals surface area (Å²) < 4.78 is 0. The van der Waals surface area contributed by atoms with Crippen LogP contribution >= 0.6 is 11.8 Å². The molecule has 2 fully saturated rings. The highest BCUT2D eigenvalue weighted by Crippen LogP contribution is 2.28. The zero-order chi connectivity index (χ0) is 14.4. The van der Waals surface area contributed by atoms with Crippen LogP contribution in [0.2, 0.25) is 0 Å². The zero-order valence-electron chi connectivity index (χ0n) is 13.0. The number of nitrogens with one attached hydrogen (secondary N) is 2. The third-order valence-electron chi connectivity index (χ3n) is 5.02. The number of hydrogen-bond acceptors (Lipinski definition) is 3. The highest BCUT2D eigenvalue weighted by atomic mass is 32.2.